The molecule has 0 atom stereocenters. The third-order valence-corrected chi connectivity index (χ3v) is 4.24. The first-order valence-electron chi connectivity index (χ1n) is 9.58. The lowest BCUT2D eigenvalue weighted by atomic mass is 10.00. The molecule has 1 aromatic carbocycles. The second-order valence-electron chi connectivity index (χ2n) is 7.45. The van der Waals surface area contributed by atoms with Gasteiger partial charge in [-0.2, -0.15) is 0 Å². The Morgan fingerprint density at radius 2 is 1.31 bits per heavy atom. The van der Waals surface area contributed by atoms with E-state index in [0.717, 1.165) is 22.8 Å². The Morgan fingerprint density at radius 1 is 0.793 bits per heavy atom. The number of nitro groups is 1. The van der Waals surface area contributed by atoms with Gasteiger partial charge in [0.2, 0.25) is 0 Å². The van der Waals surface area contributed by atoms with Gasteiger partial charge in [0.15, 0.2) is 0 Å². The van der Waals surface area contributed by atoms with Gasteiger partial charge in [0.25, 0.3) is 5.69 Å². The highest BCUT2D eigenvalue weighted by atomic mass is 16.6. The summed E-state index contributed by atoms with van der Waals surface area (Å²) in [6.45, 7) is 8.13. The number of anilines is 2. The van der Waals surface area contributed by atoms with Crippen LogP contribution in [-0.2, 0) is 0 Å². The van der Waals surface area contributed by atoms with Gasteiger partial charge in [-0.05, 0) is 63.6 Å². The first-order valence-corrected chi connectivity index (χ1v) is 9.58. The van der Waals surface area contributed by atoms with Crippen molar-refractivity contribution in [1.29, 1.82) is 0 Å². The zero-order valence-electron chi connectivity index (χ0n) is 17.0. The average Bonchev–Trinajstić information content (AvgIpc) is 2.68. The average molecular weight is 391 g/mol. The van der Waals surface area contributed by atoms with E-state index in [1.165, 1.54) is 0 Å². The van der Waals surface area contributed by atoms with Crippen LogP contribution in [0.3, 0.4) is 0 Å². The van der Waals surface area contributed by atoms with Gasteiger partial charge in [0, 0.05) is 41.7 Å². The normalized spacial score (nSPS) is 11.0. The van der Waals surface area contributed by atoms with Crippen molar-refractivity contribution in [2.75, 3.05) is 10.6 Å². The van der Waals surface area contributed by atoms with E-state index in [4.69, 9.17) is 0 Å². The molecule has 0 aliphatic carbocycles. The number of pyridine rings is 2. The van der Waals surface area contributed by atoms with E-state index in [0.29, 0.717) is 11.1 Å². The predicted molar refractivity (Wildman–Crippen MR) is 117 cm³/mol. The third-order valence-electron chi connectivity index (χ3n) is 4.24. The zero-order valence-corrected chi connectivity index (χ0v) is 17.0. The minimum atomic E-state index is -0.360. The molecule has 2 aromatic heterocycles. The number of hydrogen-bond acceptors (Lipinski definition) is 6. The summed E-state index contributed by atoms with van der Waals surface area (Å²) in [5.41, 5.74) is 2.84. The van der Waals surface area contributed by atoms with E-state index in [1.54, 1.807) is 24.5 Å². The Labute approximate surface area is 170 Å². The highest BCUT2D eigenvalue weighted by Crippen LogP contribution is 2.34. The van der Waals surface area contributed by atoms with Crippen LogP contribution in [0.2, 0.25) is 0 Å². The van der Waals surface area contributed by atoms with Gasteiger partial charge in [-0.25, -0.2) is 9.97 Å². The van der Waals surface area contributed by atoms with Crippen LogP contribution in [0.15, 0.2) is 54.9 Å². The molecule has 0 saturated heterocycles. The van der Waals surface area contributed by atoms with Gasteiger partial charge in [0.1, 0.15) is 11.6 Å². The Morgan fingerprint density at radius 3 is 1.76 bits per heavy atom. The Bertz CT molecular complexity index is 983. The molecule has 7 nitrogen and oxygen atoms in total. The monoisotopic (exact) mass is 391 g/mol. The number of rotatable bonds is 7. The fraction of sp³-hybridized carbons (Fsp3) is 0.273. The third kappa shape index (κ3) is 5.07. The number of hydrogen-bond donors (Lipinski definition) is 2. The second kappa shape index (κ2) is 8.68. The molecule has 3 aromatic rings. The van der Waals surface area contributed by atoms with Crippen molar-refractivity contribution in [2.45, 2.75) is 39.8 Å². The molecule has 0 fully saturated rings. The van der Waals surface area contributed by atoms with Crippen LogP contribution in [-0.4, -0.2) is 27.0 Å². The summed E-state index contributed by atoms with van der Waals surface area (Å²) >= 11 is 0. The molecule has 0 amide bonds. The zero-order chi connectivity index (χ0) is 21.0. The van der Waals surface area contributed by atoms with Crippen molar-refractivity contribution in [1.82, 2.24) is 9.97 Å². The Balaban J connectivity index is 1.92. The highest BCUT2D eigenvalue weighted by Gasteiger charge is 2.17. The van der Waals surface area contributed by atoms with Gasteiger partial charge in [0.05, 0.1) is 10.5 Å². The lowest BCUT2D eigenvalue weighted by Gasteiger charge is -2.11. The second-order valence-corrected chi connectivity index (χ2v) is 7.45. The summed E-state index contributed by atoms with van der Waals surface area (Å²) < 4.78 is 0. The van der Waals surface area contributed by atoms with Gasteiger partial charge in [-0.3, -0.25) is 10.1 Å². The van der Waals surface area contributed by atoms with Crippen LogP contribution in [0.5, 0.6) is 0 Å². The minimum absolute atomic E-state index is 0.0400. The van der Waals surface area contributed by atoms with E-state index >= 15 is 0 Å². The van der Waals surface area contributed by atoms with Crippen LogP contribution in [0.4, 0.5) is 17.3 Å². The molecule has 0 aliphatic rings. The number of nitrogens with zero attached hydrogens (tertiary/aromatic N) is 3. The van der Waals surface area contributed by atoms with Crippen molar-refractivity contribution < 1.29 is 4.92 Å². The first kappa shape index (κ1) is 20.3. The first-order chi connectivity index (χ1) is 13.8. The van der Waals surface area contributed by atoms with E-state index in [1.807, 2.05) is 58.0 Å². The maximum atomic E-state index is 11.7. The molecule has 0 spiro atoms. The molecule has 2 heterocycles. The van der Waals surface area contributed by atoms with Gasteiger partial charge >= 0.3 is 0 Å². The molecule has 0 unspecified atom stereocenters. The van der Waals surface area contributed by atoms with Crippen LogP contribution < -0.4 is 10.6 Å². The van der Waals surface area contributed by atoms with Gasteiger partial charge in [-0.15, -0.1) is 0 Å². The molecule has 0 saturated carbocycles. The molecule has 3 rings (SSSR count). The summed E-state index contributed by atoms with van der Waals surface area (Å²) in [4.78, 5) is 20.1. The van der Waals surface area contributed by atoms with E-state index in [2.05, 4.69) is 20.6 Å². The Hall–Kier alpha value is -3.48. The quantitative estimate of drug-likeness (QED) is 0.416. The summed E-state index contributed by atoms with van der Waals surface area (Å²) in [5.74, 6) is 1.51. The summed E-state index contributed by atoms with van der Waals surface area (Å²) in [5, 5.41) is 18.2. The molecular formula is C22H25N5O2. The smallest absolute Gasteiger partial charge is 0.277 e. The van der Waals surface area contributed by atoms with Gasteiger partial charge in [-0.1, -0.05) is 6.07 Å². The largest absolute Gasteiger partial charge is 0.368 e. The van der Waals surface area contributed by atoms with Crippen molar-refractivity contribution >= 4 is 17.3 Å². The molecule has 29 heavy (non-hydrogen) atoms. The van der Waals surface area contributed by atoms with E-state index < -0.39 is 0 Å². The molecule has 0 radical (unpaired) electrons. The number of benzene rings is 1. The van der Waals surface area contributed by atoms with Crippen molar-refractivity contribution in [3.8, 4) is 22.3 Å². The number of nitro benzene ring substituents is 1. The fourth-order valence-corrected chi connectivity index (χ4v) is 2.99. The maximum Gasteiger partial charge on any atom is 0.277 e. The predicted octanol–water partition coefficient (Wildman–Crippen LogP) is 5.36. The number of aromatic nitrogens is 2. The Kier molecular flexibility index (Phi) is 6.07. The molecular weight excluding hydrogens is 366 g/mol. The van der Waals surface area contributed by atoms with E-state index in [-0.39, 0.29) is 22.7 Å². The van der Waals surface area contributed by atoms with Crippen LogP contribution in [0.1, 0.15) is 27.7 Å². The molecule has 150 valence electrons. The standard InChI is InChI=1S/C22H25N5O2/c1-14(2)25-21-9-6-17(12-23-21)16-5-8-19(20(11-16)27(28)29)18-7-10-22(24-13-18)26-15(3)4/h5-15H,1-4H3,(H,23,25)(H,24,26). The van der Waals surface area contributed by atoms with Crippen molar-refractivity contribution in [2.24, 2.45) is 0 Å². The summed E-state index contributed by atoms with van der Waals surface area (Å²) in [6, 6.07) is 13.2. The molecule has 0 aliphatic heterocycles. The van der Waals surface area contributed by atoms with E-state index in [9.17, 15) is 10.1 Å². The maximum absolute atomic E-state index is 11.7. The molecule has 2 N–H and O–H groups in total. The molecule has 0 bridgehead atoms. The SMILES string of the molecule is CC(C)Nc1ccc(-c2ccc(-c3ccc(NC(C)C)nc3)c([N+](=O)[O-])c2)cn1. The fourth-order valence-electron chi connectivity index (χ4n) is 2.99. The summed E-state index contributed by atoms with van der Waals surface area (Å²) in [7, 11) is 0. The van der Waals surface area contributed by atoms with Crippen LogP contribution >= 0.6 is 0 Å². The van der Waals surface area contributed by atoms with Gasteiger partial charge < -0.3 is 10.6 Å². The lowest BCUT2D eigenvalue weighted by Crippen LogP contribution is -2.10. The van der Waals surface area contributed by atoms with Crippen molar-refractivity contribution in [3.63, 3.8) is 0 Å². The molecule has 7 heteroatoms. The highest BCUT2D eigenvalue weighted by molar-refractivity contribution is 5.79. The number of nitrogens with one attached hydrogen (secondary N) is 2. The minimum Gasteiger partial charge on any atom is -0.368 e. The summed E-state index contributed by atoms with van der Waals surface area (Å²) in [6.07, 6.45) is 3.37. The van der Waals surface area contributed by atoms with Crippen LogP contribution in [0.25, 0.3) is 22.3 Å². The topological polar surface area (TPSA) is 93.0 Å². The lowest BCUT2D eigenvalue weighted by molar-refractivity contribution is -0.384. The van der Waals surface area contributed by atoms with Crippen molar-refractivity contribution in [3.05, 3.63) is 65.0 Å². The van der Waals surface area contributed by atoms with Crippen LogP contribution in [0, 0.1) is 10.1 Å².